The van der Waals surface area contributed by atoms with Crippen molar-refractivity contribution in [2.45, 2.75) is 30.7 Å². The molecule has 0 aromatic heterocycles. The minimum atomic E-state index is -1.49. The van der Waals surface area contributed by atoms with Crippen LogP contribution in [0.3, 0.4) is 0 Å². The summed E-state index contributed by atoms with van der Waals surface area (Å²) in [7, 11) is 0. The highest BCUT2D eigenvalue weighted by Gasteiger charge is 2.45. The summed E-state index contributed by atoms with van der Waals surface area (Å²) < 4.78 is 10.6. The average molecular weight is 322 g/mol. The molecule has 1 aliphatic heterocycles. The second-order valence-electron chi connectivity index (χ2n) is 5.50. The Morgan fingerprint density at radius 3 is 2.39 bits per heavy atom. The van der Waals surface area contributed by atoms with Gasteiger partial charge in [0.05, 0.1) is 6.61 Å². The molecule has 0 unspecified atom stereocenters. The van der Waals surface area contributed by atoms with E-state index in [-0.39, 0.29) is 5.75 Å². The molecule has 5 N–H and O–H groups in total. The quantitative estimate of drug-likeness (QED) is 0.527. The largest absolute Gasteiger partial charge is 0.508 e. The average Bonchev–Trinajstić information content (AvgIpc) is 2.55. The van der Waals surface area contributed by atoms with Crippen LogP contribution in [0.4, 0.5) is 0 Å². The van der Waals surface area contributed by atoms with Crippen molar-refractivity contribution in [2.24, 2.45) is 0 Å². The van der Waals surface area contributed by atoms with Crippen LogP contribution in [0.2, 0.25) is 0 Å². The first-order valence-corrected chi connectivity index (χ1v) is 7.19. The molecule has 0 radical (unpaired) electrons. The fourth-order valence-electron chi connectivity index (χ4n) is 2.64. The minimum Gasteiger partial charge on any atom is -0.508 e. The molecule has 23 heavy (non-hydrogen) atoms. The molecule has 0 spiro atoms. The van der Waals surface area contributed by atoms with Crippen molar-refractivity contribution in [1.82, 2.24) is 0 Å². The molecule has 0 bridgehead atoms. The lowest BCUT2D eigenvalue weighted by atomic mass is 9.99. The molecule has 0 saturated carbocycles. The summed E-state index contributed by atoms with van der Waals surface area (Å²) in [6.45, 7) is -0.526. The smallest absolute Gasteiger partial charge is 0.195 e. The van der Waals surface area contributed by atoms with Crippen LogP contribution in [0.15, 0.2) is 36.4 Å². The Hall–Kier alpha value is -1.90. The van der Waals surface area contributed by atoms with Crippen LogP contribution in [0.5, 0.6) is 11.5 Å². The van der Waals surface area contributed by atoms with Gasteiger partial charge in [0.15, 0.2) is 12.4 Å². The molecule has 2 aromatic carbocycles. The number of phenols is 1. The van der Waals surface area contributed by atoms with E-state index in [1.165, 1.54) is 6.07 Å². The van der Waals surface area contributed by atoms with Crippen molar-refractivity contribution < 1.29 is 35.0 Å². The van der Waals surface area contributed by atoms with E-state index in [1.54, 1.807) is 30.3 Å². The van der Waals surface area contributed by atoms with Gasteiger partial charge in [-0.15, -0.1) is 0 Å². The van der Waals surface area contributed by atoms with Crippen molar-refractivity contribution in [2.75, 3.05) is 6.61 Å². The van der Waals surface area contributed by atoms with E-state index in [0.717, 1.165) is 10.8 Å². The monoisotopic (exact) mass is 322 g/mol. The van der Waals surface area contributed by atoms with Gasteiger partial charge in [-0.25, -0.2) is 0 Å². The second kappa shape index (κ2) is 6.31. The fraction of sp³-hybridized carbons (Fsp3) is 0.375. The number of phenolic OH excluding ortho intramolecular Hbond substituents is 1. The number of ether oxygens (including phenoxy) is 2. The van der Waals surface area contributed by atoms with E-state index in [1.807, 2.05) is 0 Å². The van der Waals surface area contributed by atoms with Gasteiger partial charge in [-0.1, -0.05) is 12.1 Å². The Labute approximate surface area is 131 Å². The Kier molecular flexibility index (Phi) is 4.38. The molecule has 3 rings (SSSR count). The molecule has 124 valence electrons. The molecule has 5 atom stereocenters. The van der Waals surface area contributed by atoms with E-state index >= 15 is 0 Å². The van der Waals surface area contributed by atoms with Crippen LogP contribution in [0, 0.1) is 0 Å². The van der Waals surface area contributed by atoms with Gasteiger partial charge < -0.3 is 35.0 Å². The van der Waals surface area contributed by atoms with E-state index in [9.17, 15) is 20.4 Å². The van der Waals surface area contributed by atoms with Crippen LogP contribution < -0.4 is 4.74 Å². The summed E-state index contributed by atoms with van der Waals surface area (Å²) in [5.41, 5.74) is 0. The number of hydrogen-bond acceptors (Lipinski definition) is 7. The van der Waals surface area contributed by atoms with E-state index in [4.69, 9.17) is 14.6 Å². The molecule has 7 nitrogen and oxygen atoms in total. The van der Waals surface area contributed by atoms with Crippen molar-refractivity contribution >= 4 is 10.8 Å². The molecular formula is C16H18O7. The molecule has 0 aliphatic carbocycles. The standard InChI is InChI=1S/C16H18O7/c17-7-12-13(19)14(20)15(16(21)23-12)22-11-4-2-8-5-10(18)3-1-9(8)6-11/h1-6,12-21H,7H2/t12-,13-,14+,15-,16-/m1/s1. The van der Waals surface area contributed by atoms with Crippen molar-refractivity contribution in [3.63, 3.8) is 0 Å². The number of aliphatic hydroxyl groups is 4. The molecule has 1 aliphatic rings. The van der Waals surface area contributed by atoms with Crippen molar-refractivity contribution in [3.05, 3.63) is 36.4 Å². The van der Waals surface area contributed by atoms with Crippen LogP contribution in [-0.4, -0.2) is 62.8 Å². The molecule has 0 amide bonds. The van der Waals surface area contributed by atoms with Gasteiger partial charge in [0.2, 0.25) is 0 Å². The number of fused-ring (bicyclic) bond motifs is 1. The first kappa shape index (κ1) is 16.0. The molecule has 1 saturated heterocycles. The summed E-state index contributed by atoms with van der Waals surface area (Å²) >= 11 is 0. The number of aromatic hydroxyl groups is 1. The van der Waals surface area contributed by atoms with Gasteiger partial charge in [-0.2, -0.15) is 0 Å². The second-order valence-corrected chi connectivity index (χ2v) is 5.50. The lowest BCUT2D eigenvalue weighted by Crippen LogP contribution is -2.60. The lowest BCUT2D eigenvalue weighted by Gasteiger charge is -2.39. The van der Waals surface area contributed by atoms with Crippen molar-refractivity contribution in [3.8, 4) is 11.5 Å². The normalized spacial score (nSPS) is 31.2. The molecular weight excluding hydrogens is 304 g/mol. The summed E-state index contributed by atoms with van der Waals surface area (Å²) in [4.78, 5) is 0. The predicted molar refractivity (Wildman–Crippen MR) is 80.0 cm³/mol. The minimum absolute atomic E-state index is 0.149. The number of aliphatic hydroxyl groups excluding tert-OH is 4. The zero-order valence-corrected chi connectivity index (χ0v) is 12.1. The summed E-state index contributed by atoms with van der Waals surface area (Å²) in [6, 6.07) is 9.86. The summed E-state index contributed by atoms with van der Waals surface area (Å²) in [5.74, 6) is 0.514. The third kappa shape index (κ3) is 3.10. The Morgan fingerprint density at radius 2 is 1.65 bits per heavy atom. The van der Waals surface area contributed by atoms with E-state index in [2.05, 4.69) is 0 Å². The highest BCUT2D eigenvalue weighted by atomic mass is 16.7. The maximum absolute atomic E-state index is 10.1. The predicted octanol–water partition coefficient (Wildman–Crippen LogP) is -0.276. The van der Waals surface area contributed by atoms with E-state index in [0.29, 0.717) is 5.75 Å². The topological polar surface area (TPSA) is 120 Å². The third-order valence-corrected chi connectivity index (χ3v) is 3.91. The van der Waals surface area contributed by atoms with Crippen LogP contribution >= 0.6 is 0 Å². The number of benzene rings is 2. The van der Waals surface area contributed by atoms with Crippen molar-refractivity contribution in [1.29, 1.82) is 0 Å². The maximum atomic E-state index is 10.1. The van der Waals surface area contributed by atoms with Gasteiger partial charge >= 0.3 is 0 Å². The highest BCUT2D eigenvalue weighted by molar-refractivity contribution is 5.85. The Bertz CT molecular complexity index is 689. The van der Waals surface area contributed by atoms with Gasteiger partial charge in [-0.05, 0) is 35.0 Å². The molecule has 1 fully saturated rings. The van der Waals surface area contributed by atoms with E-state index < -0.39 is 37.3 Å². The summed E-state index contributed by atoms with van der Waals surface area (Å²) in [6.07, 6.45) is -6.53. The molecule has 2 aromatic rings. The summed E-state index contributed by atoms with van der Waals surface area (Å²) in [5, 5.41) is 49.9. The Morgan fingerprint density at radius 1 is 0.957 bits per heavy atom. The van der Waals surface area contributed by atoms with Gasteiger partial charge in [0, 0.05) is 0 Å². The molecule has 1 heterocycles. The maximum Gasteiger partial charge on any atom is 0.195 e. The lowest BCUT2D eigenvalue weighted by molar-refractivity contribution is -0.280. The first-order chi connectivity index (χ1) is 11.0. The van der Waals surface area contributed by atoms with Gasteiger partial charge in [0.25, 0.3) is 0 Å². The first-order valence-electron chi connectivity index (χ1n) is 7.19. The number of hydrogen-bond donors (Lipinski definition) is 5. The Balaban J connectivity index is 1.82. The third-order valence-electron chi connectivity index (χ3n) is 3.91. The zero-order chi connectivity index (χ0) is 16.6. The van der Waals surface area contributed by atoms with Crippen LogP contribution in [0.1, 0.15) is 0 Å². The molecule has 7 heteroatoms. The number of rotatable bonds is 3. The van der Waals surface area contributed by atoms with Gasteiger partial charge in [0.1, 0.15) is 29.8 Å². The highest BCUT2D eigenvalue weighted by Crippen LogP contribution is 2.28. The fourth-order valence-corrected chi connectivity index (χ4v) is 2.64. The SMILES string of the molecule is OC[C@H]1O[C@@H](O)[C@H](Oc2ccc3cc(O)ccc3c2)[C@@H](O)[C@@H]1O. The zero-order valence-electron chi connectivity index (χ0n) is 12.1. The van der Waals surface area contributed by atoms with Gasteiger partial charge in [-0.3, -0.25) is 0 Å². The van der Waals surface area contributed by atoms with Crippen LogP contribution in [-0.2, 0) is 4.74 Å². The van der Waals surface area contributed by atoms with Crippen LogP contribution in [0.25, 0.3) is 10.8 Å².